The van der Waals surface area contributed by atoms with E-state index >= 15 is 0 Å². The molecule has 11 heteroatoms. The fraction of sp³-hybridized carbons (Fsp3) is 0.778. The van der Waals surface area contributed by atoms with Crippen molar-refractivity contribution in [1.29, 1.82) is 0 Å². The molecule has 2 aliphatic heterocycles. The number of halogens is 2. The lowest BCUT2D eigenvalue weighted by atomic mass is 9.92. The Morgan fingerprint density at radius 2 is 1.89 bits per heavy atom. The van der Waals surface area contributed by atoms with Crippen LogP contribution in [0.15, 0.2) is 6.20 Å². The van der Waals surface area contributed by atoms with E-state index in [1.54, 1.807) is 13.3 Å². The molecule has 3 heterocycles. The number of carbonyl (C=O) groups is 2. The molecular weight excluding hydrogens is 527 g/mol. The van der Waals surface area contributed by atoms with E-state index in [2.05, 4.69) is 50.2 Å². The number of piperidine rings is 1. The molecule has 218 valence electrons. The van der Waals surface area contributed by atoms with Crippen molar-refractivity contribution in [3.8, 4) is 0 Å². The van der Waals surface area contributed by atoms with E-state index in [4.69, 9.17) is 9.72 Å². The summed E-state index contributed by atoms with van der Waals surface area (Å²) in [6, 6.07) is -0.0613. The lowest BCUT2D eigenvalue weighted by Crippen LogP contribution is -2.55. The molecule has 1 aromatic heterocycles. The lowest BCUT2D eigenvalue weighted by molar-refractivity contribution is -0.135. The summed E-state index contributed by atoms with van der Waals surface area (Å²) in [5, 5.41) is 6.80. The molecule has 2 atom stereocenters. The molecule has 0 aromatic carbocycles. The molecule has 2 aliphatic rings. The second kappa shape index (κ2) is 15.8. The van der Waals surface area contributed by atoms with Gasteiger partial charge >= 0.3 is 0 Å². The van der Waals surface area contributed by atoms with Gasteiger partial charge in [-0.3, -0.25) is 9.59 Å². The Balaban J connectivity index is 0.00000361. The summed E-state index contributed by atoms with van der Waals surface area (Å²) in [6.07, 6.45) is 5.32. The Hall–Kier alpha value is -1.68. The highest BCUT2D eigenvalue weighted by atomic mass is 35.5. The van der Waals surface area contributed by atoms with Crippen LogP contribution in [0.25, 0.3) is 0 Å². The van der Waals surface area contributed by atoms with Gasteiger partial charge in [0.2, 0.25) is 5.91 Å². The minimum atomic E-state index is -0.237. The zero-order valence-corrected chi connectivity index (χ0v) is 25.6. The third kappa shape index (κ3) is 9.21. The first-order valence-electron chi connectivity index (χ1n) is 13.5. The maximum Gasteiger partial charge on any atom is 0.259 e. The van der Waals surface area contributed by atoms with Crippen molar-refractivity contribution in [2.45, 2.75) is 71.8 Å². The first-order valence-corrected chi connectivity index (χ1v) is 13.5. The van der Waals surface area contributed by atoms with E-state index in [1.807, 2.05) is 9.80 Å². The van der Waals surface area contributed by atoms with Gasteiger partial charge in [0, 0.05) is 70.6 Å². The smallest absolute Gasteiger partial charge is 0.259 e. The third-order valence-corrected chi connectivity index (χ3v) is 6.87. The highest BCUT2D eigenvalue weighted by molar-refractivity contribution is 5.98. The zero-order valence-electron chi connectivity index (χ0n) is 23.9. The Labute approximate surface area is 241 Å². The van der Waals surface area contributed by atoms with E-state index in [0.29, 0.717) is 56.4 Å². The fourth-order valence-electron chi connectivity index (χ4n) is 4.94. The summed E-state index contributed by atoms with van der Waals surface area (Å²) >= 11 is 0. The highest BCUT2D eigenvalue weighted by Gasteiger charge is 2.36. The van der Waals surface area contributed by atoms with Crippen LogP contribution in [0.3, 0.4) is 0 Å². The summed E-state index contributed by atoms with van der Waals surface area (Å²) in [6.45, 7) is 15.4. The van der Waals surface area contributed by atoms with E-state index < -0.39 is 0 Å². The van der Waals surface area contributed by atoms with Crippen molar-refractivity contribution in [1.82, 2.24) is 25.1 Å². The molecule has 9 nitrogen and oxygen atoms in total. The molecular formula is C27H48Cl2N6O3. The standard InChI is InChI=1S/C27H46N6O3.2ClH/c1-19(2)18-33(21-14-20(15-28-16-21)24(34)32-11-7-8-12-32)25(35)22-17-30-26(27(3,4)5)31-23(22)29-10-9-13-36-6;;/h17,19-21,28H,7-16,18H2,1-6H3,(H,29,30,31);2*1H/t20-,21+;;/m1../s1. The molecule has 0 saturated carbocycles. The van der Waals surface area contributed by atoms with Crippen molar-refractivity contribution in [3.63, 3.8) is 0 Å². The molecule has 38 heavy (non-hydrogen) atoms. The predicted octanol–water partition coefficient (Wildman–Crippen LogP) is 3.76. The minimum Gasteiger partial charge on any atom is -0.385 e. The Morgan fingerprint density at radius 1 is 1.21 bits per heavy atom. The highest BCUT2D eigenvalue weighted by Crippen LogP contribution is 2.26. The summed E-state index contributed by atoms with van der Waals surface area (Å²) < 4.78 is 5.18. The Kier molecular flexibility index (Phi) is 14.3. The molecule has 0 radical (unpaired) electrons. The minimum absolute atomic E-state index is 0. The summed E-state index contributed by atoms with van der Waals surface area (Å²) in [7, 11) is 1.68. The maximum absolute atomic E-state index is 14.0. The second-order valence-corrected chi connectivity index (χ2v) is 11.6. The van der Waals surface area contributed by atoms with Gasteiger partial charge in [-0.05, 0) is 31.6 Å². The molecule has 2 fully saturated rings. The number of nitrogens with zero attached hydrogens (tertiary/aromatic N) is 4. The number of ether oxygens (including phenoxy) is 1. The third-order valence-electron chi connectivity index (χ3n) is 6.87. The van der Waals surface area contributed by atoms with Crippen LogP contribution in [0.1, 0.15) is 76.5 Å². The monoisotopic (exact) mass is 574 g/mol. The molecule has 0 bridgehead atoms. The van der Waals surface area contributed by atoms with E-state index in [9.17, 15) is 9.59 Å². The van der Waals surface area contributed by atoms with Crippen LogP contribution in [-0.2, 0) is 14.9 Å². The summed E-state index contributed by atoms with van der Waals surface area (Å²) in [4.78, 5) is 40.5. The molecule has 0 spiro atoms. The number of likely N-dealkylation sites (tertiary alicyclic amines) is 1. The van der Waals surface area contributed by atoms with Gasteiger partial charge in [-0.1, -0.05) is 34.6 Å². The number of amides is 2. The lowest BCUT2D eigenvalue weighted by Gasteiger charge is -2.39. The van der Waals surface area contributed by atoms with Gasteiger partial charge in [-0.2, -0.15) is 0 Å². The van der Waals surface area contributed by atoms with Gasteiger partial charge in [-0.25, -0.2) is 9.97 Å². The van der Waals surface area contributed by atoms with Crippen LogP contribution in [0.2, 0.25) is 0 Å². The van der Waals surface area contributed by atoms with Gasteiger partial charge in [0.25, 0.3) is 5.91 Å². The van der Waals surface area contributed by atoms with Crippen molar-refractivity contribution in [2.24, 2.45) is 11.8 Å². The first-order chi connectivity index (χ1) is 17.1. The number of hydrogen-bond donors (Lipinski definition) is 2. The van der Waals surface area contributed by atoms with E-state index in [-0.39, 0.29) is 59.9 Å². The van der Waals surface area contributed by atoms with Crippen molar-refractivity contribution in [3.05, 3.63) is 17.6 Å². The molecule has 1 aromatic rings. The normalized spacial score (nSPS) is 19.5. The quantitative estimate of drug-likeness (QED) is 0.410. The summed E-state index contributed by atoms with van der Waals surface area (Å²) in [5.41, 5.74) is 0.243. The number of carbonyl (C=O) groups excluding carboxylic acids is 2. The van der Waals surface area contributed by atoms with Gasteiger partial charge in [0.05, 0.1) is 5.92 Å². The van der Waals surface area contributed by atoms with E-state index in [0.717, 1.165) is 32.4 Å². The van der Waals surface area contributed by atoms with Crippen molar-refractivity contribution < 1.29 is 14.3 Å². The Bertz CT molecular complexity index is 890. The van der Waals surface area contributed by atoms with Gasteiger partial charge < -0.3 is 25.2 Å². The summed E-state index contributed by atoms with van der Waals surface area (Å²) in [5.74, 6) is 1.59. The van der Waals surface area contributed by atoms with Crippen molar-refractivity contribution >= 4 is 42.4 Å². The zero-order chi connectivity index (χ0) is 26.3. The van der Waals surface area contributed by atoms with Gasteiger partial charge in [-0.15, -0.1) is 24.8 Å². The van der Waals surface area contributed by atoms with Gasteiger partial charge in [0.15, 0.2) is 0 Å². The fourth-order valence-corrected chi connectivity index (χ4v) is 4.94. The van der Waals surface area contributed by atoms with Crippen LogP contribution in [-0.4, -0.2) is 90.6 Å². The van der Waals surface area contributed by atoms with Crippen LogP contribution in [0.4, 0.5) is 5.82 Å². The Morgan fingerprint density at radius 3 is 2.50 bits per heavy atom. The van der Waals surface area contributed by atoms with Crippen LogP contribution in [0.5, 0.6) is 0 Å². The number of aromatic nitrogens is 2. The topological polar surface area (TPSA) is 99.7 Å². The number of rotatable bonds is 10. The molecule has 2 saturated heterocycles. The van der Waals surface area contributed by atoms with Crippen LogP contribution < -0.4 is 10.6 Å². The van der Waals surface area contributed by atoms with Crippen LogP contribution in [0, 0.1) is 11.8 Å². The van der Waals surface area contributed by atoms with Crippen LogP contribution >= 0.6 is 24.8 Å². The average Bonchev–Trinajstić information content (AvgIpc) is 3.39. The number of hydrogen-bond acceptors (Lipinski definition) is 7. The second-order valence-electron chi connectivity index (χ2n) is 11.6. The number of nitrogens with one attached hydrogen (secondary N) is 2. The molecule has 0 unspecified atom stereocenters. The predicted molar refractivity (Wildman–Crippen MR) is 157 cm³/mol. The number of methoxy groups -OCH3 is 1. The molecule has 2 N–H and O–H groups in total. The largest absolute Gasteiger partial charge is 0.385 e. The van der Waals surface area contributed by atoms with E-state index in [1.165, 1.54) is 0 Å². The molecule has 3 rings (SSSR count). The average molecular weight is 576 g/mol. The molecule has 0 aliphatic carbocycles. The van der Waals surface area contributed by atoms with Crippen molar-refractivity contribution in [2.75, 3.05) is 58.3 Å². The molecule has 2 amide bonds. The number of anilines is 1. The SMILES string of the molecule is COCCCNc1nc(C(C)(C)C)ncc1C(=O)N(CC(C)C)[C@@H]1CNC[C@H](C(=O)N2CCCC2)C1.Cl.Cl. The van der Waals surface area contributed by atoms with Gasteiger partial charge in [0.1, 0.15) is 17.2 Å². The maximum atomic E-state index is 14.0. The first kappa shape index (κ1) is 34.3.